The summed E-state index contributed by atoms with van der Waals surface area (Å²) in [6.07, 6.45) is -3.04. The van der Waals surface area contributed by atoms with E-state index in [1.807, 2.05) is 5.32 Å². The smallest absolute Gasteiger partial charge is 0.315 e. The highest BCUT2D eigenvalue weighted by molar-refractivity contribution is 5.92. The minimum absolute atomic E-state index is 0.00204. The van der Waals surface area contributed by atoms with E-state index in [0.29, 0.717) is 5.76 Å². The number of hydrogen-bond donors (Lipinski definition) is 1. The molecule has 0 atom stereocenters. The molecule has 0 spiro atoms. The van der Waals surface area contributed by atoms with Crippen LogP contribution in [0.25, 0.3) is 0 Å². The molecule has 1 aromatic rings. The van der Waals surface area contributed by atoms with Gasteiger partial charge in [-0.05, 0) is 6.92 Å². The first-order valence-corrected chi connectivity index (χ1v) is 3.12. The first kappa shape index (κ1) is 8.63. The molecule has 0 saturated heterocycles. The summed E-state index contributed by atoms with van der Waals surface area (Å²) >= 11 is 0. The first-order chi connectivity index (χ1) is 5.59. The quantitative estimate of drug-likeness (QED) is 0.736. The van der Waals surface area contributed by atoms with Gasteiger partial charge in [0.2, 0.25) is 0 Å². The van der Waals surface area contributed by atoms with Gasteiger partial charge in [0.25, 0.3) is 5.91 Å². The maximum absolute atomic E-state index is 11.7. The second kappa shape index (κ2) is 3.29. The summed E-state index contributed by atoms with van der Waals surface area (Å²) in [5, 5.41) is 5.17. The van der Waals surface area contributed by atoms with Crippen LogP contribution in [0, 0.1) is 6.92 Å². The van der Waals surface area contributed by atoms with Crippen LogP contribution in [0.5, 0.6) is 0 Å². The Morgan fingerprint density at radius 3 is 2.83 bits per heavy atom. The van der Waals surface area contributed by atoms with Crippen LogP contribution in [0.15, 0.2) is 10.6 Å². The monoisotopic (exact) mass is 176 g/mol. The van der Waals surface area contributed by atoms with Crippen LogP contribution in [-0.4, -0.2) is 17.5 Å². The maximum atomic E-state index is 11.7. The van der Waals surface area contributed by atoms with Gasteiger partial charge in [-0.1, -0.05) is 5.16 Å². The van der Waals surface area contributed by atoms with E-state index in [9.17, 15) is 13.6 Å². The third-order valence-corrected chi connectivity index (χ3v) is 1.08. The van der Waals surface area contributed by atoms with Gasteiger partial charge in [0, 0.05) is 6.07 Å². The predicted molar refractivity (Wildman–Crippen MR) is 35.9 cm³/mol. The highest BCUT2D eigenvalue weighted by atomic mass is 19.3. The first-order valence-electron chi connectivity index (χ1n) is 3.12. The summed E-state index contributed by atoms with van der Waals surface area (Å²) in [5.74, 6) is -0.944. The van der Waals surface area contributed by atoms with Crippen molar-refractivity contribution in [2.24, 2.45) is 0 Å². The van der Waals surface area contributed by atoms with Gasteiger partial charge < -0.3 is 9.84 Å². The lowest BCUT2D eigenvalue weighted by Crippen LogP contribution is -2.20. The normalized spacial score (nSPS) is 10.3. The predicted octanol–water partition coefficient (Wildman–Crippen LogP) is 1.19. The zero-order chi connectivity index (χ0) is 9.14. The Balaban J connectivity index is 2.58. The number of carbonyl (C=O) groups excluding carboxylic acids is 1. The Labute approximate surface area is 66.5 Å². The number of alkyl halides is 2. The summed E-state index contributed by atoms with van der Waals surface area (Å²) in [4.78, 5) is 10.4. The van der Waals surface area contributed by atoms with Crippen molar-refractivity contribution in [3.05, 3.63) is 11.8 Å². The van der Waals surface area contributed by atoms with E-state index in [4.69, 9.17) is 0 Å². The van der Waals surface area contributed by atoms with Gasteiger partial charge in [-0.3, -0.25) is 4.79 Å². The molecule has 0 unspecified atom stereocenters. The molecule has 0 fully saturated rings. The highest BCUT2D eigenvalue weighted by Crippen LogP contribution is 2.07. The molecule has 0 aliphatic rings. The van der Waals surface area contributed by atoms with Gasteiger partial charge in [0.15, 0.2) is 5.82 Å². The van der Waals surface area contributed by atoms with Crippen LogP contribution in [-0.2, 0) is 4.79 Å². The second-order valence-electron chi connectivity index (χ2n) is 2.11. The summed E-state index contributed by atoms with van der Waals surface area (Å²) in [7, 11) is 0. The molecule has 0 aliphatic heterocycles. The minimum Gasteiger partial charge on any atom is -0.360 e. The van der Waals surface area contributed by atoms with Crippen LogP contribution >= 0.6 is 0 Å². The topological polar surface area (TPSA) is 55.1 Å². The molecule has 0 bridgehead atoms. The Morgan fingerprint density at radius 2 is 2.42 bits per heavy atom. The molecule has 12 heavy (non-hydrogen) atoms. The lowest BCUT2D eigenvalue weighted by molar-refractivity contribution is -0.126. The van der Waals surface area contributed by atoms with Crippen molar-refractivity contribution < 1.29 is 18.1 Å². The fraction of sp³-hybridized carbons (Fsp3) is 0.333. The average Bonchev–Trinajstić information content (AvgIpc) is 2.35. The van der Waals surface area contributed by atoms with E-state index in [1.165, 1.54) is 6.07 Å². The number of halogens is 2. The van der Waals surface area contributed by atoms with Crippen molar-refractivity contribution >= 4 is 11.7 Å². The Morgan fingerprint density at radius 1 is 1.75 bits per heavy atom. The van der Waals surface area contributed by atoms with Crippen LogP contribution in [0.3, 0.4) is 0 Å². The Bertz CT molecular complexity index is 285. The Kier molecular flexibility index (Phi) is 2.37. The molecule has 0 saturated carbocycles. The molecule has 1 rings (SSSR count). The second-order valence-corrected chi connectivity index (χ2v) is 2.11. The van der Waals surface area contributed by atoms with Gasteiger partial charge >= 0.3 is 6.43 Å². The lowest BCUT2D eigenvalue weighted by Gasteiger charge is -1.96. The van der Waals surface area contributed by atoms with Crippen molar-refractivity contribution in [3.8, 4) is 0 Å². The number of amides is 1. The van der Waals surface area contributed by atoms with Crippen molar-refractivity contribution in [1.29, 1.82) is 0 Å². The number of nitrogens with zero attached hydrogens (tertiary/aromatic N) is 1. The van der Waals surface area contributed by atoms with Crippen molar-refractivity contribution in [2.45, 2.75) is 13.3 Å². The summed E-state index contributed by atoms with van der Waals surface area (Å²) in [6, 6.07) is 1.35. The molecule has 0 aromatic carbocycles. The van der Waals surface area contributed by atoms with E-state index in [1.54, 1.807) is 6.92 Å². The molecule has 66 valence electrons. The molecule has 1 aromatic heterocycles. The van der Waals surface area contributed by atoms with E-state index in [0.717, 1.165) is 0 Å². The zero-order valence-corrected chi connectivity index (χ0v) is 6.17. The fourth-order valence-electron chi connectivity index (χ4n) is 0.606. The largest absolute Gasteiger partial charge is 0.360 e. The van der Waals surface area contributed by atoms with E-state index >= 15 is 0 Å². The molecule has 1 heterocycles. The number of nitrogens with one attached hydrogen (secondary N) is 1. The number of hydrogen-bond acceptors (Lipinski definition) is 3. The molecule has 6 heteroatoms. The van der Waals surface area contributed by atoms with Crippen LogP contribution < -0.4 is 5.32 Å². The molecular weight excluding hydrogens is 170 g/mol. The SMILES string of the molecule is Cc1cc(NC(=O)C(F)F)no1. The average molecular weight is 176 g/mol. The zero-order valence-electron chi connectivity index (χ0n) is 6.17. The number of anilines is 1. The van der Waals surface area contributed by atoms with Crippen LogP contribution in [0.4, 0.5) is 14.6 Å². The van der Waals surface area contributed by atoms with Crippen molar-refractivity contribution in [2.75, 3.05) is 5.32 Å². The summed E-state index contributed by atoms with van der Waals surface area (Å²) < 4.78 is 27.8. The minimum atomic E-state index is -3.04. The van der Waals surface area contributed by atoms with Gasteiger partial charge in [-0.2, -0.15) is 8.78 Å². The molecule has 0 aliphatic carbocycles. The number of aryl methyl sites for hydroxylation is 1. The molecule has 1 amide bonds. The molecule has 4 nitrogen and oxygen atoms in total. The highest BCUT2D eigenvalue weighted by Gasteiger charge is 2.16. The number of aromatic nitrogens is 1. The van der Waals surface area contributed by atoms with E-state index in [2.05, 4.69) is 9.68 Å². The van der Waals surface area contributed by atoms with Crippen LogP contribution in [0.1, 0.15) is 5.76 Å². The maximum Gasteiger partial charge on any atom is 0.315 e. The van der Waals surface area contributed by atoms with E-state index in [-0.39, 0.29) is 5.82 Å². The number of carbonyl (C=O) groups is 1. The Hall–Kier alpha value is -1.46. The standard InChI is InChI=1S/C6H6F2N2O2/c1-3-2-4(10-12-3)9-6(11)5(7)8/h2,5H,1H3,(H,9,10,11). The molecule has 0 radical (unpaired) electrons. The third kappa shape index (κ3) is 2.01. The van der Waals surface area contributed by atoms with Gasteiger partial charge in [0.1, 0.15) is 5.76 Å². The summed E-state index contributed by atoms with van der Waals surface area (Å²) in [6.45, 7) is 1.59. The third-order valence-electron chi connectivity index (χ3n) is 1.08. The van der Waals surface area contributed by atoms with Gasteiger partial charge in [-0.25, -0.2) is 0 Å². The molecule has 1 N–H and O–H groups in total. The molecular formula is C6H6F2N2O2. The van der Waals surface area contributed by atoms with Crippen molar-refractivity contribution in [3.63, 3.8) is 0 Å². The van der Waals surface area contributed by atoms with Gasteiger partial charge in [0.05, 0.1) is 0 Å². The summed E-state index contributed by atoms with van der Waals surface area (Å²) in [5.41, 5.74) is 0. The van der Waals surface area contributed by atoms with Gasteiger partial charge in [-0.15, -0.1) is 0 Å². The fourth-order valence-corrected chi connectivity index (χ4v) is 0.606. The van der Waals surface area contributed by atoms with Crippen molar-refractivity contribution in [1.82, 2.24) is 5.16 Å². The van der Waals surface area contributed by atoms with E-state index < -0.39 is 12.3 Å². The lowest BCUT2D eigenvalue weighted by atomic mass is 10.5. The number of rotatable bonds is 2. The van der Waals surface area contributed by atoms with Crippen LogP contribution in [0.2, 0.25) is 0 Å².